The quantitative estimate of drug-likeness (QED) is 0.745. The lowest BCUT2D eigenvalue weighted by Crippen LogP contribution is -2.34. The molecule has 7 nitrogen and oxygen atoms in total. The van der Waals surface area contributed by atoms with Crippen molar-refractivity contribution < 1.29 is 14.3 Å². The van der Waals surface area contributed by atoms with Crippen molar-refractivity contribution in [2.24, 2.45) is 7.05 Å². The maximum atomic E-state index is 12.6. The molecule has 1 fully saturated rings. The molecule has 0 unspecified atom stereocenters. The van der Waals surface area contributed by atoms with Gasteiger partial charge in [-0.3, -0.25) is 9.48 Å². The first-order chi connectivity index (χ1) is 13.1. The van der Waals surface area contributed by atoms with Gasteiger partial charge in [0.05, 0.1) is 6.20 Å². The van der Waals surface area contributed by atoms with E-state index >= 15 is 0 Å². The highest BCUT2D eigenvalue weighted by atomic mass is 32.1. The largest absolute Gasteiger partial charge is 0.448 e. The summed E-state index contributed by atoms with van der Waals surface area (Å²) in [5.41, 5.74) is 1.93. The monoisotopic (exact) mass is 382 g/mol. The third kappa shape index (κ3) is 2.95. The highest BCUT2D eigenvalue weighted by Crippen LogP contribution is 2.47. The molecule has 0 bridgehead atoms. The number of hydrogen-bond acceptors (Lipinski definition) is 6. The van der Waals surface area contributed by atoms with Crippen molar-refractivity contribution in [1.82, 2.24) is 14.8 Å². The lowest BCUT2D eigenvalue weighted by atomic mass is 10.2. The number of thiazole rings is 1. The van der Waals surface area contributed by atoms with Crippen molar-refractivity contribution in [3.63, 3.8) is 0 Å². The molecule has 0 atom stereocenters. The Balaban J connectivity index is 1.32. The summed E-state index contributed by atoms with van der Waals surface area (Å²) in [6.07, 6.45) is 7.63. The molecular weight excluding hydrogens is 364 g/mol. The Bertz CT molecular complexity index is 1020. The number of aromatic nitrogens is 3. The van der Waals surface area contributed by atoms with Crippen LogP contribution in [0.5, 0.6) is 11.5 Å². The summed E-state index contributed by atoms with van der Waals surface area (Å²) in [5, 5.41) is 9.54. The number of fused-ring (bicyclic) bond motifs is 1. The number of aryl methyl sites for hydroxylation is 1. The van der Waals surface area contributed by atoms with Gasteiger partial charge in [-0.15, -0.1) is 11.3 Å². The van der Waals surface area contributed by atoms with Gasteiger partial charge in [0.25, 0.3) is 11.7 Å². The number of anilines is 1. The fraction of sp³-hybridized carbons (Fsp3) is 0.316. The van der Waals surface area contributed by atoms with Gasteiger partial charge >= 0.3 is 0 Å². The molecule has 1 saturated carbocycles. The van der Waals surface area contributed by atoms with E-state index < -0.39 is 5.79 Å². The predicted octanol–water partition coefficient (Wildman–Crippen LogP) is 3.84. The molecule has 1 spiro atoms. The van der Waals surface area contributed by atoms with Gasteiger partial charge in [0.1, 0.15) is 10.7 Å². The van der Waals surface area contributed by atoms with Crippen molar-refractivity contribution in [1.29, 1.82) is 0 Å². The van der Waals surface area contributed by atoms with Crippen LogP contribution in [0.15, 0.2) is 36.0 Å². The molecule has 27 heavy (non-hydrogen) atoms. The smallest absolute Gasteiger partial charge is 0.275 e. The van der Waals surface area contributed by atoms with Crippen LogP contribution in [-0.4, -0.2) is 26.5 Å². The van der Waals surface area contributed by atoms with Gasteiger partial charge in [-0.25, -0.2) is 4.98 Å². The summed E-state index contributed by atoms with van der Waals surface area (Å²) >= 11 is 1.42. The van der Waals surface area contributed by atoms with Gasteiger partial charge in [-0.05, 0) is 25.0 Å². The van der Waals surface area contributed by atoms with E-state index in [2.05, 4.69) is 15.4 Å². The van der Waals surface area contributed by atoms with E-state index in [9.17, 15) is 4.79 Å². The van der Waals surface area contributed by atoms with E-state index in [1.54, 1.807) is 16.3 Å². The number of carbonyl (C=O) groups excluding carboxylic acids is 1. The lowest BCUT2D eigenvalue weighted by molar-refractivity contribution is -0.0716. The number of nitrogens with one attached hydrogen (secondary N) is 1. The summed E-state index contributed by atoms with van der Waals surface area (Å²) < 4.78 is 13.8. The Morgan fingerprint density at radius 3 is 2.85 bits per heavy atom. The second kappa shape index (κ2) is 6.09. The minimum atomic E-state index is -0.501. The first kappa shape index (κ1) is 16.3. The standard InChI is InChI=1S/C19H18N4O3S/c1-23-10-12(9-20-23)18-22-14(11-27-18)17(24)21-13-4-5-15-16(8-13)26-19(25-15)6-2-3-7-19/h4-5,8-11H,2-3,6-7H2,1H3,(H,21,24). The van der Waals surface area contributed by atoms with Gasteiger partial charge in [0.15, 0.2) is 11.5 Å². The third-order valence-electron chi connectivity index (χ3n) is 4.85. The second-order valence-corrected chi connectivity index (χ2v) is 7.74. The van der Waals surface area contributed by atoms with Crippen LogP contribution in [0.1, 0.15) is 36.2 Å². The first-order valence-electron chi connectivity index (χ1n) is 8.88. The maximum Gasteiger partial charge on any atom is 0.275 e. The van der Waals surface area contributed by atoms with Gasteiger partial charge in [0.2, 0.25) is 0 Å². The van der Waals surface area contributed by atoms with E-state index in [-0.39, 0.29) is 5.91 Å². The number of carbonyl (C=O) groups is 1. The molecule has 5 rings (SSSR count). The highest BCUT2D eigenvalue weighted by Gasteiger charge is 2.44. The van der Waals surface area contributed by atoms with Crippen molar-refractivity contribution in [3.8, 4) is 22.1 Å². The van der Waals surface area contributed by atoms with Crippen LogP contribution in [0, 0.1) is 0 Å². The van der Waals surface area contributed by atoms with Crippen LogP contribution in [0.2, 0.25) is 0 Å². The zero-order valence-corrected chi connectivity index (χ0v) is 15.6. The number of hydrogen-bond donors (Lipinski definition) is 1. The summed E-state index contributed by atoms with van der Waals surface area (Å²) in [6, 6.07) is 5.48. The molecular formula is C19H18N4O3S. The SMILES string of the molecule is Cn1cc(-c2nc(C(=O)Nc3ccc4c(c3)OC3(CCCC3)O4)cs2)cn1. The van der Waals surface area contributed by atoms with Crippen molar-refractivity contribution in [2.75, 3.05) is 5.32 Å². The normalized spacial score (nSPS) is 16.8. The second-order valence-electron chi connectivity index (χ2n) is 6.88. The Morgan fingerprint density at radius 1 is 1.26 bits per heavy atom. The van der Waals surface area contributed by atoms with Crippen LogP contribution in [-0.2, 0) is 7.05 Å². The van der Waals surface area contributed by atoms with Crippen LogP contribution in [0.4, 0.5) is 5.69 Å². The Kier molecular flexibility index (Phi) is 3.68. The van der Waals surface area contributed by atoms with Crippen LogP contribution in [0.25, 0.3) is 10.6 Å². The molecule has 1 aromatic carbocycles. The van der Waals surface area contributed by atoms with Gasteiger partial charge < -0.3 is 14.8 Å². The number of nitrogens with zero attached hydrogens (tertiary/aromatic N) is 3. The Hall–Kier alpha value is -2.87. The topological polar surface area (TPSA) is 78.3 Å². The van der Waals surface area contributed by atoms with E-state index in [0.29, 0.717) is 17.1 Å². The van der Waals surface area contributed by atoms with Gasteiger partial charge in [-0.2, -0.15) is 5.10 Å². The fourth-order valence-corrected chi connectivity index (χ4v) is 4.30. The van der Waals surface area contributed by atoms with Crippen LogP contribution in [0.3, 0.4) is 0 Å². The molecule has 138 valence electrons. The fourth-order valence-electron chi connectivity index (χ4n) is 3.53. The zero-order valence-electron chi connectivity index (χ0n) is 14.8. The summed E-state index contributed by atoms with van der Waals surface area (Å²) in [6.45, 7) is 0. The minimum Gasteiger partial charge on any atom is -0.448 e. The van der Waals surface area contributed by atoms with Crippen molar-refractivity contribution in [2.45, 2.75) is 31.5 Å². The first-order valence-corrected chi connectivity index (χ1v) is 9.76. The van der Waals surface area contributed by atoms with Crippen LogP contribution < -0.4 is 14.8 Å². The molecule has 1 aliphatic carbocycles. The molecule has 1 amide bonds. The summed E-state index contributed by atoms with van der Waals surface area (Å²) in [4.78, 5) is 17.0. The van der Waals surface area contributed by atoms with E-state index in [0.717, 1.165) is 42.0 Å². The maximum absolute atomic E-state index is 12.6. The average Bonchev–Trinajstić information content (AvgIpc) is 3.41. The molecule has 2 aliphatic rings. The average molecular weight is 382 g/mol. The van der Waals surface area contributed by atoms with E-state index in [1.807, 2.05) is 31.4 Å². The number of rotatable bonds is 3. The van der Waals surface area contributed by atoms with Crippen molar-refractivity contribution >= 4 is 22.9 Å². The van der Waals surface area contributed by atoms with E-state index in [1.165, 1.54) is 11.3 Å². The van der Waals surface area contributed by atoms with Gasteiger partial charge in [-0.1, -0.05) is 0 Å². The molecule has 8 heteroatoms. The lowest BCUT2D eigenvalue weighted by Gasteiger charge is -2.21. The van der Waals surface area contributed by atoms with Gasteiger partial charge in [0, 0.05) is 48.8 Å². The Labute approximate surface area is 159 Å². The molecule has 1 N–H and O–H groups in total. The molecule has 0 radical (unpaired) electrons. The predicted molar refractivity (Wildman–Crippen MR) is 101 cm³/mol. The van der Waals surface area contributed by atoms with Crippen molar-refractivity contribution in [3.05, 3.63) is 41.7 Å². The van der Waals surface area contributed by atoms with E-state index in [4.69, 9.17) is 9.47 Å². The summed E-state index contributed by atoms with van der Waals surface area (Å²) in [5.74, 6) is 0.667. The highest BCUT2D eigenvalue weighted by molar-refractivity contribution is 7.13. The number of amides is 1. The zero-order chi connectivity index (χ0) is 18.4. The number of ether oxygens (including phenoxy) is 2. The molecule has 1 aliphatic heterocycles. The third-order valence-corrected chi connectivity index (χ3v) is 5.74. The molecule has 0 saturated heterocycles. The number of benzene rings is 1. The molecule has 2 aromatic heterocycles. The minimum absolute atomic E-state index is 0.254. The molecule has 3 aromatic rings. The summed E-state index contributed by atoms with van der Waals surface area (Å²) in [7, 11) is 1.85. The Morgan fingerprint density at radius 2 is 2.07 bits per heavy atom. The molecule has 3 heterocycles. The van der Waals surface area contributed by atoms with Crippen LogP contribution >= 0.6 is 11.3 Å².